The highest BCUT2D eigenvalue weighted by atomic mass is 32.2. The van der Waals surface area contributed by atoms with Crippen molar-refractivity contribution in [3.63, 3.8) is 0 Å². The number of thioether (sulfide) groups is 1. The Morgan fingerprint density at radius 3 is 2.88 bits per heavy atom. The number of carbonyl (C=O) groups is 2. The number of hydrogen-bond donors (Lipinski definition) is 2. The van der Waals surface area contributed by atoms with Crippen LogP contribution in [0.1, 0.15) is 18.9 Å². The maximum Gasteiger partial charge on any atom is 0.352 e. The molecule has 1 saturated heterocycles. The molecule has 0 aliphatic carbocycles. The van der Waals surface area contributed by atoms with Gasteiger partial charge < -0.3 is 14.8 Å². The number of carboxylic acid groups (broad SMARTS) is 1. The van der Waals surface area contributed by atoms with Gasteiger partial charge in [0.1, 0.15) is 23.5 Å². The van der Waals surface area contributed by atoms with Gasteiger partial charge in [-0.05, 0) is 24.6 Å². The van der Waals surface area contributed by atoms with Crippen molar-refractivity contribution >= 4 is 40.9 Å². The lowest BCUT2D eigenvalue weighted by molar-refractivity contribution is -0.159. The Balaban J connectivity index is 1.71. The minimum absolute atomic E-state index is 0.0272. The van der Waals surface area contributed by atoms with Crippen molar-refractivity contribution in [1.29, 1.82) is 0 Å². The van der Waals surface area contributed by atoms with Gasteiger partial charge in [0.05, 0.1) is 16.4 Å². The monoisotopic (exact) mass is 371 g/mol. The molecule has 1 aromatic heterocycles. The van der Waals surface area contributed by atoms with Crippen molar-refractivity contribution in [3.05, 3.63) is 47.9 Å². The molecule has 2 N–H and O–H groups in total. The number of fused-ring (bicyclic) bond motifs is 2. The van der Waals surface area contributed by atoms with Crippen molar-refractivity contribution in [2.45, 2.75) is 18.4 Å². The number of nitrogens with zero attached hydrogens (tertiary/aromatic N) is 3. The highest BCUT2D eigenvalue weighted by Crippen LogP contribution is 2.48. The number of carboxylic acids is 1. The van der Waals surface area contributed by atoms with Crippen LogP contribution in [0.5, 0.6) is 0 Å². The van der Waals surface area contributed by atoms with E-state index in [1.807, 2.05) is 24.3 Å². The van der Waals surface area contributed by atoms with Gasteiger partial charge in [-0.15, -0.1) is 11.8 Å². The van der Waals surface area contributed by atoms with E-state index in [9.17, 15) is 19.8 Å². The fourth-order valence-electron chi connectivity index (χ4n) is 3.59. The molecule has 0 saturated carbocycles. The molecule has 2 aliphatic heterocycles. The first-order valence-electron chi connectivity index (χ1n) is 8.11. The third-order valence-electron chi connectivity index (χ3n) is 4.81. The highest BCUT2D eigenvalue weighted by molar-refractivity contribution is 8.00. The third-order valence-corrected chi connectivity index (χ3v) is 6.26. The van der Waals surface area contributed by atoms with E-state index in [4.69, 9.17) is 0 Å². The van der Waals surface area contributed by atoms with Gasteiger partial charge in [0.2, 0.25) is 5.91 Å². The lowest BCUT2D eigenvalue weighted by Crippen LogP contribution is -2.63. The first-order valence-corrected chi connectivity index (χ1v) is 9.15. The van der Waals surface area contributed by atoms with Gasteiger partial charge in [-0.1, -0.05) is 18.7 Å². The Kier molecular flexibility index (Phi) is 3.89. The van der Waals surface area contributed by atoms with E-state index in [1.165, 1.54) is 16.7 Å². The molecule has 0 bridgehead atoms. The van der Waals surface area contributed by atoms with E-state index in [0.29, 0.717) is 22.7 Å². The number of aliphatic carboxylic acids is 1. The van der Waals surface area contributed by atoms with E-state index in [0.717, 1.165) is 5.52 Å². The quantitative estimate of drug-likeness (QED) is 0.799. The van der Waals surface area contributed by atoms with Crippen LogP contribution in [0.2, 0.25) is 0 Å². The third kappa shape index (κ3) is 2.22. The molecule has 134 valence electrons. The maximum absolute atomic E-state index is 12.7. The summed E-state index contributed by atoms with van der Waals surface area (Å²) in [5, 5.41) is 19.9. The van der Waals surface area contributed by atoms with Gasteiger partial charge in [-0.3, -0.25) is 9.69 Å². The average molecular weight is 371 g/mol. The van der Waals surface area contributed by atoms with Crippen LogP contribution in [0.4, 0.5) is 0 Å². The molecule has 7 nitrogen and oxygen atoms in total. The summed E-state index contributed by atoms with van der Waals surface area (Å²) in [7, 11) is 0. The van der Waals surface area contributed by atoms with Crippen LogP contribution in [0.3, 0.4) is 0 Å². The summed E-state index contributed by atoms with van der Waals surface area (Å²) >= 11 is 1.46. The summed E-state index contributed by atoms with van der Waals surface area (Å²) in [5.74, 6) is -1.40. The molecule has 1 amide bonds. The van der Waals surface area contributed by atoms with E-state index >= 15 is 0 Å². The van der Waals surface area contributed by atoms with Gasteiger partial charge in [0.15, 0.2) is 0 Å². The normalized spacial score (nSPS) is 23.6. The number of aliphatic hydroxyl groups is 1. The molecule has 0 unspecified atom stereocenters. The maximum atomic E-state index is 12.7. The van der Waals surface area contributed by atoms with Crippen molar-refractivity contribution in [1.82, 2.24) is 14.5 Å². The molecule has 0 spiro atoms. The molecule has 26 heavy (non-hydrogen) atoms. The Labute approximate surface area is 153 Å². The van der Waals surface area contributed by atoms with Crippen LogP contribution in [-0.4, -0.2) is 47.7 Å². The van der Waals surface area contributed by atoms with Crippen LogP contribution in [-0.2, 0) is 9.59 Å². The molecule has 1 aromatic carbocycles. The number of aliphatic hydroxyl groups excluding tert-OH is 1. The van der Waals surface area contributed by atoms with Crippen molar-refractivity contribution in [2.75, 3.05) is 5.75 Å². The fraction of sp³-hybridized carbons (Fsp3) is 0.278. The standard InChI is InChI=1S/C18H17N3O4S/c1-3-20-11-7-5-4-6-10(11)19-15(20)14(22)12-16(23)21-13(18(24)25)9(2)8-26-17(12)21/h3-7,12,14,17,22H,1,8H2,2H3,(H,24,25)/t12-,14+,17-/m1/s1. The van der Waals surface area contributed by atoms with Crippen molar-refractivity contribution in [2.24, 2.45) is 5.92 Å². The molecule has 8 heteroatoms. The zero-order valence-corrected chi connectivity index (χ0v) is 14.8. The predicted molar refractivity (Wildman–Crippen MR) is 98.0 cm³/mol. The average Bonchev–Trinajstić information content (AvgIpc) is 3.00. The number of hydrogen-bond acceptors (Lipinski definition) is 5. The molecule has 4 rings (SSSR count). The van der Waals surface area contributed by atoms with Crippen LogP contribution < -0.4 is 0 Å². The van der Waals surface area contributed by atoms with Crippen LogP contribution in [0, 0.1) is 5.92 Å². The summed E-state index contributed by atoms with van der Waals surface area (Å²) in [6.07, 6.45) is 0.408. The molecular formula is C18H17N3O4S. The second-order valence-corrected chi connectivity index (χ2v) is 7.43. The van der Waals surface area contributed by atoms with Gasteiger partial charge in [0.25, 0.3) is 0 Å². The first kappa shape index (κ1) is 16.9. The molecule has 0 radical (unpaired) electrons. The largest absolute Gasteiger partial charge is 0.477 e. The topological polar surface area (TPSA) is 95.7 Å². The highest BCUT2D eigenvalue weighted by Gasteiger charge is 2.56. The second kappa shape index (κ2) is 6.00. The number of rotatable bonds is 4. The van der Waals surface area contributed by atoms with Gasteiger partial charge in [-0.2, -0.15) is 0 Å². The first-order chi connectivity index (χ1) is 12.5. The SMILES string of the molecule is C=Cn1c([C@@H](O)[C@@H]2C(=O)N3C(C(=O)O)=C(C)CS[C@H]23)nc2ccccc21. The number of amides is 1. The molecule has 1 fully saturated rings. The van der Waals surface area contributed by atoms with Gasteiger partial charge in [0, 0.05) is 12.0 Å². The molecule has 3 atom stereocenters. The Hall–Kier alpha value is -2.58. The minimum atomic E-state index is -1.14. The van der Waals surface area contributed by atoms with E-state index in [-0.39, 0.29) is 5.70 Å². The predicted octanol–water partition coefficient (Wildman–Crippen LogP) is 2.06. The minimum Gasteiger partial charge on any atom is -0.477 e. The summed E-state index contributed by atoms with van der Waals surface area (Å²) in [4.78, 5) is 29.9. The molecule has 3 heterocycles. The number of imidazole rings is 1. The van der Waals surface area contributed by atoms with Crippen molar-refractivity contribution in [3.8, 4) is 0 Å². The van der Waals surface area contributed by atoms with Gasteiger partial charge >= 0.3 is 5.97 Å². The molecular weight excluding hydrogens is 354 g/mol. The smallest absolute Gasteiger partial charge is 0.352 e. The van der Waals surface area contributed by atoms with Crippen LogP contribution in [0.25, 0.3) is 17.2 Å². The fourth-order valence-corrected chi connectivity index (χ4v) is 4.98. The molecule has 2 aliphatic rings. The number of benzene rings is 1. The number of aromatic nitrogens is 2. The zero-order valence-electron chi connectivity index (χ0n) is 14.0. The van der Waals surface area contributed by atoms with E-state index in [2.05, 4.69) is 11.6 Å². The second-order valence-electron chi connectivity index (χ2n) is 6.33. The van der Waals surface area contributed by atoms with Crippen LogP contribution >= 0.6 is 11.8 Å². The number of β-lactam (4-membered cyclic amide) rings is 1. The van der Waals surface area contributed by atoms with Crippen molar-refractivity contribution < 1.29 is 19.8 Å². The lowest BCUT2D eigenvalue weighted by atomic mass is 9.89. The summed E-state index contributed by atoms with van der Waals surface area (Å²) in [6.45, 7) is 5.48. The zero-order chi connectivity index (χ0) is 18.6. The summed E-state index contributed by atoms with van der Waals surface area (Å²) < 4.78 is 1.67. The Bertz CT molecular complexity index is 980. The Morgan fingerprint density at radius 2 is 2.19 bits per heavy atom. The number of carbonyl (C=O) groups excluding carboxylic acids is 1. The molecule has 2 aromatic rings. The summed E-state index contributed by atoms with van der Waals surface area (Å²) in [5.41, 5.74) is 2.17. The Morgan fingerprint density at radius 1 is 1.46 bits per heavy atom. The number of para-hydroxylation sites is 2. The summed E-state index contributed by atoms with van der Waals surface area (Å²) in [6, 6.07) is 7.39. The van der Waals surface area contributed by atoms with E-state index in [1.54, 1.807) is 17.7 Å². The van der Waals surface area contributed by atoms with Crippen LogP contribution in [0.15, 0.2) is 42.1 Å². The van der Waals surface area contributed by atoms with E-state index < -0.39 is 29.3 Å². The lowest BCUT2D eigenvalue weighted by Gasteiger charge is -2.50. The van der Waals surface area contributed by atoms with Gasteiger partial charge in [-0.25, -0.2) is 9.78 Å².